The summed E-state index contributed by atoms with van der Waals surface area (Å²) in [6.45, 7) is 6.24. The van der Waals surface area contributed by atoms with Crippen LogP contribution in [0.5, 0.6) is 5.19 Å². The van der Waals surface area contributed by atoms with Gasteiger partial charge in [-0.3, -0.25) is 4.79 Å². The molecule has 0 aliphatic carbocycles. The van der Waals surface area contributed by atoms with Crippen molar-refractivity contribution in [1.82, 2.24) is 4.98 Å². The predicted octanol–water partition coefficient (Wildman–Crippen LogP) is 3.42. The topological polar surface area (TPSA) is 39.2 Å². The molecule has 5 heteroatoms. The van der Waals surface area contributed by atoms with Gasteiger partial charge in [-0.2, -0.15) is 4.98 Å². The van der Waals surface area contributed by atoms with Gasteiger partial charge in [0, 0.05) is 0 Å². The van der Waals surface area contributed by atoms with Gasteiger partial charge >= 0.3 is 0 Å². The highest BCUT2D eigenvalue weighted by Crippen LogP contribution is 2.28. The van der Waals surface area contributed by atoms with Crippen LogP contribution >= 0.6 is 22.9 Å². The molecule has 1 aromatic rings. The fourth-order valence-electron chi connectivity index (χ4n) is 1.30. The fourth-order valence-corrected chi connectivity index (χ4v) is 2.30. The summed E-state index contributed by atoms with van der Waals surface area (Å²) in [6, 6.07) is 0. The maximum atomic E-state index is 10.5. The number of rotatable bonds is 5. The number of thiazole rings is 1. The number of carbonyl (C=O) groups is 1. The molecular formula is C10H14ClNO2S. The smallest absolute Gasteiger partial charge is 0.275 e. The minimum absolute atomic E-state index is 0.0896. The molecule has 1 aromatic heterocycles. The lowest BCUT2D eigenvalue weighted by atomic mass is 10.1. The molecule has 0 fully saturated rings. The molecule has 0 amide bonds. The van der Waals surface area contributed by atoms with Gasteiger partial charge in [0.2, 0.25) is 0 Å². The van der Waals surface area contributed by atoms with Gasteiger partial charge in [0.05, 0.1) is 6.10 Å². The Balaban J connectivity index is 2.60. The highest BCUT2D eigenvalue weighted by molar-refractivity contribution is 7.15. The van der Waals surface area contributed by atoms with E-state index < -0.39 is 0 Å². The van der Waals surface area contributed by atoms with E-state index in [1.54, 1.807) is 0 Å². The van der Waals surface area contributed by atoms with Crippen molar-refractivity contribution in [3.63, 3.8) is 0 Å². The third-order valence-corrected chi connectivity index (χ3v) is 3.07. The Hall–Kier alpha value is -0.610. The first kappa shape index (κ1) is 12.5. The molecule has 0 saturated heterocycles. The van der Waals surface area contributed by atoms with E-state index in [0.29, 0.717) is 22.3 Å². The van der Waals surface area contributed by atoms with E-state index in [1.807, 2.05) is 6.92 Å². The van der Waals surface area contributed by atoms with Gasteiger partial charge in [0.25, 0.3) is 5.19 Å². The second kappa shape index (κ2) is 5.47. The standard InChI is InChI=1S/C10H14ClNO2S/c1-6(2)4-7(3)14-10-12-9(11)8(5-13)15-10/h5-7H,4H2,1-3H3. The van der Waals surface area contributed by atoms with E-state index >= 15 is 0 Å². The Morgan fingerprint density at radius 3 is 2.67 bits per heavy atom. The number of hydrogen-bond donors (Lipinski definition) is 0. The van der Waals surface area contributed by atoms with Crippen LogP contribution in [0.1, 0.15) is 36.9 Å². The third-order valence-electron chi connectivity index (χ3n) is 1.80. The number of ether oxygens (including phenoxy) is 1. The largest absolute Gasteiger partial charge is 0.467 e. The summed E-state index contributed by atoms with van der Waals surface area (Å²) >= 11 is 6.90. The molecule has 0 spiro atoms. The SMILES string of the molecule is CC(C)CC(C)Oc1nc(Cl)c(C=O)s1. The van der Waals surface area contributed by atoms with Crippen LogP contribution in [-0.4, -0.2) is 17.4 Å². The minimum atomic E-state index is 0.0896. The van der Waals surface area contributed by atoms with E-state index in [0.717, 1.165) is 6.42 Å². The van der Waals surface area contributed by atoms with Crippen LogP contribution in [0.2, 0.25) is 5.15 Å². The summed E-state index contributed by atoms with van der Waals surface area (Å²) in [7, 11) is 0. The Morgan fingerprint density at radius 1 is 1.53 bits per heavy atom. The molecule has 1 heterocycles. The van der Waals surface area contributed by atoms with Crippen LogP contribution in [0.15, 0.2) is 0 Å². The Labute approximate surface area is 98.4 Å². The van der Waals surface area contributed by atoms with Crippen molar-refractivity contribution in [1.29, 1.82) is 0 Å². The van der Waals surface area contributed by atoms with Crippen molar-refractivity contribution in [3.05, 3.63) is 10.0 Å². The molecule has 0 aliphatic rings. The van der Waals surface area contributed by atoms with Gasteiger partial charge in [-0.05, 0) is 19.3 Å². The molecule has 0 radical (unpaired) electrons. The van der Waals surface area contributed by atoms with Crippen molar-refractivity contribution < 1.29 is 9.53 Å². The summed E-state index contributed by atoms with van der Waals surface area (Å²) in [5, 5.41) is 0.692. The molecule has 0 N–H and O–H groups in total. The monoisotopic (exact) mass is 247 g/mol. The Morgan fingerprint density at radius 2 is 2.20 bits per heavy atom. The normalized spacial score (nSPS) is 12.9. The highest BCUT2D eigenvalue weighted by Gasteiger charge is 2.13. The van der Waals surface area contributed by atoms with E-state index in [4.69, 9.17) is 16.3 Å². The maximum absolute atomic E-state index is 10.5. The van der Waals surface area contributed by atoms with Crippen LogP contribution < -0.4 is 4.74 Å². The zero-order valence-corrected chi connectivity index (χ0v) is 10.6. The van der Waals surface area contributed by atoms with Crippen LogP contribution in [0, 0.1) is 5.92 Å². The van der Waals surface area contributed by atoms with E-state index in [2.05, 4.69) is 18.8 Å². The van der Waals surface area contributed by atoms with Gasteiger partial charge < -0.3 is 4.74 Å². The molecule has 15 heavy (non-hydrogen) atoms. The third kappa shape index (κ3) is 3.80. The zero-order valence-electron chi connectivity index (χ0n) is 8.99. The second-order valence-corrected chi connectivity index (χ2v) is 5.16. The number of aldehydes is 1. The molecule has 1 atom stereocenters. The average molecular weight is 248 g/mol. The summed E-state index contributed by atoms with van der Waals surface area (Å²) in [4.78, 5) is 14.9. The molecule has 0 aromatic carbocycles. The van der Waals surface area contributed by atoms with Crippen molar-refractivity contribution in [3.8, 4) is 5.19 Å². The summed E-state index contributed by atoms with van der Waals surface area (Å²) in [6.07, 6.45) is 1.74. The minimum Gasteiger partial charge on any atom is -0.467 e. The Bertz CT molecular complexity index is 338. The molecule has 0 aliphatic heterocycles. The number of nitrogens with zero attached hydrogens (tertiary/aromatic N) is 1. The predicted molar refractivity (Wildman–Crippen MR) is 62.1 cm³/mol. The average Bonchev–Trinajstić information content (AvgIpc) is 2.44. The van der Waals surface area contributed by atoms with Crippen LogP contribution in [0.3, 0.4) is 0 Å². The molecule has 0 bridgehead atoms. The molecule has 1 unspecified atom stereocenters. The first-order valence-electron chi connectivity index (χ1n) is 4.81. The van der Waals surface area contributed by atoms with Gasteiger partial charge in [0.1, 0.15) is 4.88 Å². The van der Waals surface area contributed by atoms with Crippen molar-refractivity contribution in [2.75, 3.05) is 0 Å². The van der Waals surface area contributed by atoms with E-state index in [-0.39, 0.29) is 11.3 Å². The van der Waals surface area contributed by atoms with Crippen LogP contribution in [0.25, 0.3) is 0 Å². The Kier molecular flexibility index (Phi) is 4.54. The lowest BCUT2D eigenvalue weighted by molar-refractivity contribution is 0.112. The fraction of sp³-hybridized carbons (Fsp3) is 0.600. The molecule has 84 valence electrons. The van der Waals surface area contributed by atoms with Gasteiger partial charge in [0.15, 0.2) is 11.4 Å². The summed E-state index contributed by atoms with van der Waals surface area (Å²) in [5.41, 5.74) is 0. The molecule has 3 nitrogen and oxygen atoms in total. The molecular weight excluding hydrogens is 234 g/mol. The van der Waals surface area contributed by atoms with E-state index in [9.17, 15) is 4.79 Å². The number of carbonyl (C=O) groups excluding carboxylic acids is 1. The molecule has 1 rings (SSSR count). The van der Waals surface area contributed by atoms with Gasteiger partial charge in [-0.25, -0.2) is 0 Å². The highest BCUT2D eigenvalue weighted by atomic mass is 35.5. The first-order chi connectivity index (χ1) is 7.02. The van der Waals surface area contributed by atoms with Crippen molar-refractivity contribution in [2.24, 2.45) is 5.92 Å². The zero-order chi connectivity index (χ0) is 11.4. The van der Waals surface area contributed by atoms with Gasteiger partial charge in [-0.15, -0.1) is 0 Å². The second-order valence-electron chi connectivity index (χ2n) is 3.81. The number of aromatic nitrogens is 1. The molecule has 0 saturated carbocycles. The van der Waals surface area contributed by atoms with Crippen molar-refractivity contribution in [2.45, 2.75) is 33.3 Å². The van der Waals surface area contributed by atoms with Crippen molar-refractivity contribution >= 4 is 29.2 Å². The van der Waals surface area contributed by atoms with E-state index in [1.165, 1.54) is 11.3 Å². The van der Waals surface area contributed by atoms with Gasteiger partial charge in [-0.1, -0.05) is 36.8 Å². The summed E-state index contributed by atoms with van der Waals surface area (Å²) < 4.78 is 5.55. The quantitative estimate of drug-likeness (QED) is 0.749. The van der Waals surface area contributed by atoms with Crippen LogP contribution in [-0.2, 0) is 0 Å². The lowest BCUT2D eigenvalue weighted by Gasteiger charge is -2.13. The number of hydrogen-bond acceptors (Lipinski definition) is 4. The number of halogens is 1. The van der Waals surface area contributed by atoms with Crippen LogP contribution in [0.4, 0.5) is 0 Å². The maximum Gasteiger partial charge on any atom is 0.275 e. The first-order valence-corrected chi connectivity index (χ1v) is 6.00. The summed E-state index contributed by atoms with van der Waals surface area (Å²) in [5.74, 6) is 0.570. The lowest BCUT2D eigenvalue weighted by Crippen LogP contribution is -2.14.